The molecular formula is C13H7Cl2N3O2. The van der Waals surface area contributed by atoms with Crippen LogP contribution in [0.15, 0.2) is 30.6 Å². The quantitative estimate of drug-likeness (QED) is 0.800. The van der Waals surface area contributed by atoms with Crippen molar-refractivity contribution in [1.29, 1.82) is 0 Å². The molecule has 1 aromatic heterocycles. The first-order valence-electron chi connectivity index (χ1n) is 5.69. The van der Waals surface area contributed by atoms with Crippen LogP contribution in [-0.2, 0) is 11.3 Å². The number of carbonyl (C=O) groups is 2. The molecule has 0 radical (unpaired) electrons. The molecule has 0 N–H and O–H groups in total. The van der Waals surface area contributed by atoms with Crippen molar-refractivity contribution in [2.75, 3.05) is 4.90 Å². The molecule has 0 saturated carbocycles. The lowest BCUT2D eigenvalue weighted by atomic mass is 10.1. The lowest BCUT2D eigenvalue weighted by Crippen LogP contribution is -2.30. The number of amides is 1. The van der Waals surface area contributed by atoms with Crippen molar-refractivity contribution in [1.82, 2.24) is 9.97 Å². The minimum Gasteiger partial charge on any atom is -0.296 e. The molecule has 2 aromatic rings. The molecule has 2 heterocycles. The van der Waals surface area contributed by atoms with E-state index in [0.717, 1.165) is 0 Å². The third kappa shape index (κ3) is 1.95. The van der Waals surface area contributed by atoms with Crippen LogP contribution in [0.3, 0.4) is 0 Å². The van der Waals surface area contributed by atoms with Crippen LogP contribution in [-0.4, -0.2) is 21.7 Å². The number of Topliss-reactive ketones (excluding diaryl/α,β-unsaturated/α-hetero) is 1. The number of nitrogens with zero attached hydrogens (tertiary/aromatic N) is 3. The molecule has 0 fully saturated rings. The van der Waals surface area contributed by atoms with Crippen molar-refractivity contribution in [3.63, 3.8) is 0 Å². The number of benzene rings is 1. The monoisotopic (exact) mass is 307 g/mol. The summed E-state index contributed by atoms with van der Waals surface area (Å²) in [6.45, 7) is 0.0679. The highest BCUT2D eigenvalue weighted by atomic mass is 35.5. The minimum atomic E-state index is -0.678. The van der Waals surface area contributed by atoms with Gasteiger partial charge in [0.05, 0.1) is 27.8 Å². The highest BCUT2D eigenvalue weighted by molar-refractivity contribution is 6.56. The summed E-state index contributed by atoms with van der Waals surface area (Å²) in [5.74, 6) is -0.927. The number of carbonyl (C=O) groups excluding carboxylic acids is 2. The van der Waals surface area contributed by atoms with Crippen molar-refractivity contribution >= 4 is 40.6 Å². The first kappa shape index (κ1) is 13.0. The smallest absolute Gasteiger partial charge is 0.296 e. The summed E-state index contributed by atoms with van der Waals surface area (Å²) >= 11 is 12.1. The predicted molar refractivity (Wildman–Crippen MR) is 74.0 cm³/mol. The molecule has 1 aliphatic rings. The van der Waals surface area contributed by atoms with E-state index in [9.17, 15) is 9.59 Å². The summed E-state index contributed by atoms with van der Waals surface area (Å²) in [6.07, 6.45) is 3.12. The van der Waals surface area contributed by atoms with Gasteiger partial charge in [0, 0.05) is 12.4 Å². The number of aromatic nitrogens is 2. The lowest BCUT2D eigenvalue weighted by Gasteiger charge is -2.16. The zero-order valence-electron chi connectivity index (χ0n) is 10.0. The highest BCUT2D eigenvalue weighted by Crippen LogP contribution is 2.40. The number of fused-ring (bicyclic) bond motifs is 1. The maximum absolute atomic E-state index is 12.1. The Balaban J connectivity index is 2.09. The Hall–Kier alpha value is -1.98. The third-order valence-electron chi connectivity index (χ3n) is 2.93. The van der Waals surface area contributed by atoms with Crippen LogP contribution in [0.4, 0.5) is 5.69 Å². The molecule has 20 heavy (non-hydrogen) atoms. The van der Waals surface area contributed by atoms with Crippen molar-refractivity contribution < 1.29 is 9.59 Å². The van der Waals surface area contributed by atoms with E-state index in [4.69, 9.17) is 23.2 Å². The summed E-state index contributed by atoms with van der Waals surface area (Å²) in [4.78, 5) is 33.4. The van der Waals surface area contributed by atoms with E-state index >= 15 is 0 Å². The molecule has 1 amide bonds. The second kappa shape index (κ2) is 4.85. The predicted octanol–water partition coefficient (Wildman–Crippen LogP) is 2.51. The van der Waals surface area contributed by atoms with E-state index in [-0.39, 0.29) is 17.1 Å². The molecule has 5 nitrogen and oxygen atoms in total. The van der Waals surface area contributed by atoms with E-state index in [2.05, 4.69) is 9.97 Å². The molecule has 1 aliphatic heterocycles. The van der Waals surface area contributed by atoms with Gasteiger partial charge in [0.2, 0.25) is 0 Å². The molecule has 0 unspecified atom stereocenters. The van der Waals surface area contributed by atoms with Crippen LogP contribution in [0.2, 0.25) is 10.0 Å². The van der Waals surface area contributed by atoms with E-state index in [1.807, 2.05) is 0 Å². The number of anilines is 1. The van der Waals surface area contributed by atoms with E-state index in [1.165, 1.54) is 11.0 Å². The zero-order valence-corrected chi connectivity index (χ0v) is 11.5. The molecule has 0 saturated heterocycles. The van der Waals surface area contributed by atoms with Crippen LogP contribution in [0.5, 0.6) is 0 Å². The zero-order chi connectivity index (χ0) is 14.3. The maximum Gasteiger partial charge on any atom is 0.300 e. The normalized spacial score (nSPS) is 13.8. The number of hydrogen-bond acceptors (Lipinski definition) is 4. The average molecular weight is 308 g/mol. The van der Waals surface area contributed by atoms with Gasteiger partial charge in [-0.3, -0.25) is 14.5 Å². The Morgan fingerprint density at radius 3 is 2.40 bits per heavy atom. The lowest BCUT2D eigenvalue weighted by molar-refractivity contribution is -0.114. The molecule has 100 valence electrons. The van der Waals surface area contributed by atoms with E-state index < -0.39 is 11.7 Å². The second-order valence-corrected chi connectivity index (χ2v) is 4.95. The van der Waals surface area contributed by atoms with Gasteiger partial charge in [0.15, 0.2) is 0 Å². The van der Waals surface area contributed by atoms with Gasteiger partial charge in [-0.15, -0.1) is 0 Å². The van der Waals surface area contributed by atoms with E-state index in [1.54, 1.807) is 24.5 Å². The second-order valence-electron chi connectivity index (χ2n) is 4.14. The molecule has 0 atom stereocenters. The van der Waals surface area contributed by atoms with Gasteiger partial charge in [0.25, 0.3) is 11.7 Å². The average Bonchev–Trinajstić information content (AvgIpc) is 2.70. The molecular weight excluding hydrogens is 301 g/mol. The van der Waals surface area contributed by atoms with Crippen molar-refractivity contribution in [3.8, 4) is 0 Å². The Kier molecular flexibility index (Phi) is 3.16. The fourth-order valence-electron chi connectivity index (χ4n) is 2.06. The van der Waals surface area contributed by atoms with Gasteiger partial charge in [0.1, 0.15) is 5.82 Å². The summed E-state index contributed by atoms with van der Waals surface area (Å²) in [6, 6.07) is 4.71. The largest absolute Gasteiger partial charge is 0.300 e. The van der Waals surface area contributed by atoms with Crippen LogP contribution in [0, 0.1) is 0 Å². The maximum atomic E-state index is 12.1. The Morgan fingerprint density at radius 2 is 1.70 bits per heavy atom. The fraction of sp³-hybridized carbons (Fsp3) is 0.0769. The number of rotatable bonds is 2. The van der Waals surface area contributed by atoms with Crippen molar-refractivity contribution in [2.24, 2.45) is 0 Å². The Labute approximate surface area is 124 Å². The molecule has 7 heteroatoms. The van der Waals surface area contributed by atoms with Crippen LogP contribution >= 0.6 is 23.2 Å². The summed E-state index contributed by atoms with van der Waals surface area (Å²) in [5, 5.41) is 0.499. The van der Waals surface area contributed by atoms with Gasteiger partial charge in [-0.05, 0) is 18.2 Å². The first-order valence-corrected chi connectivity index (χ1v) is 6.45. The summed E-state index contributed by atoms with van der Waals surface area (Å²) in [7, 11) is 0. The number of hydrogen-bond donors (Lipinski definition) is 0. The van der Waals surface area contributed by atoms with Gasteiger partial charge in [-0.1, -0.05) is 23.2 Å². The standard InChI is InChI=1S/C13H7Cl2N3O2/c14-7-2-3-8(15)11-10(7)12(19)13(20)18(11)6-9-16-4-1-5-17-9/h1-5H,6H2. The molecule has 0 bridgehead atoms. The van der Waals surface area contributed by atoms with Gasteiger partial charge < -0.3 is 0 Å². The minimum absolute atomic E-state index is 0.0679. The summed E-state index contributed by atoms with van der Waals surface area (Å²) in [5.41, 5.74) is 0.460. The van der Waals surface area contributed by atoms with Crippen LogP contribution in [0.1, 0.15) is 16.2 Å². The van der Waals surface area contributed by atoms with Gasteiger partial charge >= 0.3 is 0 Å². The van der Waals surface area contributed by atoms with Crippen molar-refractivity contribution in [2.45, 2.75) is 6.54 Å². The molecule has 0 aliphatic carbocycles. The molecule has 0 spiro atoms. The van der Waals surface area contributed by atoms with Gasteiger partial charge in [-0.2, -0.15) is 0 Å². The first-order chi connectivity index (χ1) is 9.59. The van der Waals surface area contributed by atoms with Gasteiger partial charge in [-0.25, -0.2) is 9.97 Å². The Bertz CT molecular complexity index is 719. The highest BCUT2D eigenvalue weighted by Gasteiger charge is 2.39. The molecule has 1 aromatic carbocycles. The number of ketones is 1. The Morgan fingerprint density at radius 1 is 1.05 bits per heavy atom. The third-order valence-corrected chi connectivity index (χ3v) is 3.55. The SMILES string of the molecule is O=C1C(=O)N(Cc2ncccn2)c2c(Cl)ccc(Cl)c21. The van der Waals surface area contributed by atoms with E-state index in [0.29, 0.717) is 16.5 Å². The van der Waals surface area contributed by atoms with Crippen molar-refractivity contribution in [3.05, 3.63) is 52.0 Å². The molecule has 3 rings (SSSR count). The summed E-state index contributed by atoms with van der Waals surface area (Å²) < 4.78 is 0. The topological polar surface area (TPSA) is 63.2 Å². The fourth-order valence-corrected chi connectivity index (χ4v) is 2.55. The van der Waals surface area contributed by atoms with Crippen LogP contribution in [0.25, 0.3) is 0 Å². The van der Waals surface area contributed by atoms with Crippen LogP contribution < -0.4 is 4.90 Å². The number of halogens is 2.